The minimum atomic E-state index is -0.685. The number of nitrogens with zero attached hydrogens (tertiary/aromatic N) is 6. The van der Waals surface area contributed by atoms with Crippen molar-refractivity contribution in [2.45, 2.75) is 32.0 Å². The van der Waals surface area contributed by atoms with Gasteiger partial charge in [0.15, 0.2) is 11.3 Å². The van der Waals surface area contributed by atoms with Crippen molar-refractivity contribution in [2.75, 3.05) is 0 Å². The number of benzene rings is 1. The number of piperidine rings is 1. The lowest BCUT2D eigenvalue weighted by Gasteiger charge is -2.29. The molecule has 0 bridgehead atoms. The van der Waals surface area contributed by atoms with E-state index in [4.69, 9.17) is 0 Å². The molecule has 1 unspecified atom stereocenters. The molecule has 3 N–H and O–H groups in total. The molecule has 0 aliphatic carbocycles. The molecule has 4 amide bonds. The number of nitrogens with one attached hydrogen (secondary N) is 3. The third kappa shape index (κ3) is 3.66. The highest BCUT2D eigenvalue weighted by atomic mass is 16.2. The van der Waals surface area contributed by atoms with Gasteiger partial charge in [-0.15, -0.1) is 5.10 Å². The first-order chi connectivity index (χ1) is 17.5. The van der Waals surface area contributed by atoms with Gasteiger partial charge in [0, 0.05) is 30.1 Å². The van der Waals surface area contributed by atoms with Crippen LogP contribution in [0.1, 0.15) is 44.9 Å². The van der Waals surface area contributed by atoms with Crippen molar-refractivity contribution in [3.63, 3.8) is 0 Å². The molecule has 6 rings (SSSR count). The Labute approximate surface area is 202 Å². The fraction of sp³-hybridized carbons (Fsp3) is 0.217. The fourth-order valence-corrected chi connectivity index (χ4v) is 4.48. The molecular weight excluding hydrogens is 466 g/mol. The van der Waals surface area contributed by atoms with Gasteiger partial charge in [0.2, 0.25) is 11.8 Å². The summed E-state index contributed by atoms with van der Waals surface area (Å²) in [5, 5.41) is 20.8. The van der Waals surface area contributed by atoms with Gasteiger partial charge in [-0.25, -0.2) is 9.67 Å². The second-order valence-electron chi connectivity index (χ2n) is 8.55. The van der Waals surface area contributed by atoms with E-state index in [1.165, 1.54) is 15.8 Å². The van der Waals surface area contributed by atoms with Crippen molar-refractivity contribution in [1.29, 1.82) is 0 Å². The van der Waals surface area contributed by atoms with Crippen molar-refractivity contribution in [3.05, 3.63) is 65.2 Å². The van der Waals surface area contributed by atoms with Gasteiger partial charge in [-0.3, -0.25) is 29.6 Å². The van der Waals surface area contributed by atoms with Crippen molar-refractivity contribution >= 4 is 34.7 Å². The number of aromatic nitrogens is 6. The number of H-pyrrole nitrogens is 1. The van der Waals surface area contributed by atoms with Crippen LogP contribution in [0, 0.1) is 0 Å². The lowest BCUT2D eigenvalue weighted by atomic mass is 10.0. The van der Waals surface area contributed by atoms with Crippen LogP contribution in [0.2, 0.25) is 0 Å². The quantitative estimate of drug-likeness (QED) is 0.338. The number of rotatable bonds is 5. The Morgan fingerprint density at radius 2 is 2.08 bits per heavy atom. The summed E-state index contributed by atoms with van der Waals surface area (Å²) in [4.78, 5) is 55.0. The molecule has 1 atom stereocenters. The Balaban J connectivity index is 1.16. The summed E-state index contributed by atoms with van der Waals surface area (Å²) in [6, 6.07) is 8.17. The van der Waals surface area contributed by atoms with E-state index in [9.17, 15) is 19.2 Å². The van der Waals surface area contributed by atoms with E-state index < -0.39 is 17.9 Å². The predicted molar refractivity (Wildman–Crippen MR) is 122 cm³/mol. The maximum atomic E-state index is 13.0. The number of fused-ring (bicyclic) bond motifs is 2. The van der Waals surface area contributed by atoms with Crippen LogP contribution in [0.25, 0.3) is 16.7 Å². The van der Waals surface area contributed by atoms with Crippen LogP contribution in [0.5, 0.6) is 0 Å². The normalized spacial score (nSPS) is 17.4. The van der Waals surface area contributed by atoms with Crippen LogP contribution < -0.4 is 10.6 Å². The summed E-state index contributed by atoms with van der Waals surface area (Å²) < 4.78 is 1.41. The molecule has 13 nitrogen and oxygen atoms in total. The van der Waals surface area contributed by atoms with E-state index in [0.29, 0.717) is 23.3 Å². The number of aromatic amines is 1. The SMILES string of the molecule is O=C1CCC(N2Cc3ccc(-n4cc(C(=O)NCc5[nH]nc6ncccc56)nn4)cc3C2=O)C(=O)N1. The number of amides is 4. The summed E-state index contributed by atoms with van der Waals surface area (Å²) in [7, 11) is 0. The Morgan fingerprint density at radius 1 is 1.19 bits per heavy atom. The summed E-state index contributed by atoms with van der Waals surface area (Å²) in [6.07, 6.45) is 3.60. The van der Waals surface area contributed by atoms with Crippen molar-refractivity contribution < 1.29 is 19.2 Å². The van der Waals surface area contributed by atoms with Gasteiger partial charge in [0.25, 0.3) is 11.8 Å². The molecule has 0 saturated carbocycles. The number of imide groups is 1. The van der Waals surface area contributed by atoms with Crippen LogP contribution >= 0.6 is 0 Å². The van der Waals surface area contributed by atoms with Gasteiger partial charge in [0.05, 0.1) is 24.1 Å². The zero-order valence-electron chi connectivity index (χ0n) is 18.8. The van der Waals surface area contributed by atoms with Gasteiger partial charge in [-0.1, -0.05) is 11.3 Å². The van der Waals surface area contributed by atoms with E-state index in [1.54, 1.807) is 30.5 Å². The number of hydrogen-bond donors (Lipinski definition) is 3. The highest BCUT2D eigenvalue weighted by Crippen LogP contribution is 2.29. The highest BCUT2D eigenvalue weighted by Gasteiger charge is 2.39. The highest BCUT2D eigenvalue weighted by molar-refractivity contribution is 6.05. The third-order valence-corrected chi connectivity index (χ3v) is 6.34. The first kappa shape index (κ1) is 21.6. The van der Waals surface area contributed by atoms with E-state index >= 15 is 0 Å². The Kier molecular flexibility index (Phi) is 5.02. The molecule has 0 spiro atoms. The molecule has 36 heavy (non-hydrogen) atoms. The minimum absolute atomic E-state index is 0.106. The molecule has 1 fully saturated rings. The first-order valence-electron chi connectivity index (χ1n) is 11.2. The number of pyridine rings is 1. The molecule has 4 aromatic rings. The number of carbonyl (C=O) groups excluding carboxylic acids is 4. The zero-order chi connectivity index (χ0) is 24.8. The second-order valence-corrected chi connectivity index (χ2v) is 8.55. The largest absolute Gasteiger partial charge is 0.345 e. The summed E-state index contributed by atoms with van der Waals surface area (Å²) in [5.41, 5.74) is 3.15. The molecule has 2 aliphatic rings. The van der Waals surface area contributed by atoms with Gasteiger partial charge in [-0.05, 0) is 36.2 Å². The predicted octanol–water partition coefficient (Wildman–Crippen LogP) is 0.230. The molecule has 180 valence electrons. The Bertz CT molecular complexity index is 1560. The number of hydrogen-bond acceptors (Lipinski definition) is 8. The van der Waals surface area contributed by atoms with Crippen LogP contribution in [0.4, 0.5) is 0 Å². The average molecular weight is 485 g/mol. The lowest BCUT2D eigenvalue weighted by molar-refractivity contribution is -0.136. The van der Waals surface area contributed by atoms with Crippen molar-refractivity contribution in [3.8, 4) is 5.69 Å². The van der Waals surface area contributed by atoms with E-state index in [2.05, 4.69) is 36.1 Å². The number of carbonyl (C=O) groups is 4. The topological polar surface area (TPSA) is 168 Å². The minimum Gasteiger partial charge on any atom is -0.345 e. The maximum absolute atomic E-state index is 13.0. The first-order valence-corrected chi connectivity index (χ1v) is 11.2. The fourth-order valence-electron chi connectivity index (χ4n) is 4.48. The van der Waals surface area contributed by atoms with Crippen LogP contribution in [0.3, 0.4) is 0 Å². The van der Waals surface area contributed by atoms with E-state index in [0.717, 1.165) is 16.6 Å². The summed E-state index contributed by atoms with van der Waals surface area (Å²) in [6.45, 7) is 0.487. The monoisotopic (exact) mass is 485 g/mol. The molecular formula is C23H19N9O4. The smallest absolute Gasteiger partial charge is 0.273 e. The van der Waals surface area contributed by atoms with E-state index in [1.807, 2.05) is 6.07 Å². The Hall–Kier alpha value is -4.94. The zero-order valence-corrected chi connectivity index (χ0v) is 18.8. The maximum Gasteiger partial charge on any atom is 0.273 e. The Morgan fingerprint density at radius 3 is 2.94 bits per heavy atom. The van der Waals surface area contributed by atoms with Crippen molar-refractivity contribution in [1.82, 2.24) is 45.7 Å². The van der Waals surface area contributed by atoms with Crippen LogP contribution in [-0.4, -0.2) is 64.7 Å². The van der Waals surface area contributed by atoms with Gasteiger partial charge in [0.1, 0.15) is 6.04 Å². The summed E-state index contributed by atoms with van der Waals surface area (Å²) >= 11 is 0. The second kappa shape index (κ2) is 8.37. The van der Waals surface area contributed by atoms with Gasteiger partial charge in [-0.2, -0.15) is 5.10 Å². The average Bonchev–Trinajstić information content (AvgIpc) is 3.60. The summed E-state index contributed by atoms with van der Waals surface area (Å²) in [5.74, 6) is -1.50. The molecule has 2 aliphatic heterocycles. The van der Waals surface area contributed by atoms with Crippen LogP contribution in [0.15, 0.2) is 42.7 Å². The third-order valence-electron chi connectivity index (χ3n) is 6.34. The van der Waals surface area contributed by atoms with Gasteiger partial charge < -0.3 is 10.2 Å². The molecule has 1 aromatic carbocycles. The van der Waals surface area contributed by atoms with Gasteiger partial charge >= 0.3 is 0 Å². The molecule has 13 heteroatoms. The molecule has 5 heterocycles. The lowest BCUT2D eigenvalue weighted by Crippen LogP contribution is -2.52. The van der Waals surface area contributed by atoms with Crippen molar-refractivity contribution in [2.24, 2.45) is 0 Å². The van der Waals surface area contributed by atoms with E-state index in [-0.39, 0.29) is 37.0 Å². The molecule has 3 aromatic heterocycles. The molecule has 0 radical (unpaired) electrons. The standard InChI is InChI=1S/C23H19N9O4/c33-19-6-5-18(22(35)26-19)31-10-12-3-4-13(8-15(12)23(31)36)32-11-17(28-30-32)21(34)25-9-16-14-2-1-7-24-20(14)29-27-16/h1-4,7-8,11,18H,5-6,9-10H2,(H,25,34)(H,24,27,29)(H,26,33,35). The van der Waals surface area contributed by atoms with Crippen LogP contribution in [-0.2, 0) is 22.7 Å². The molecule has 1 saturated heterocycles.